The van der Waals surface area contributed by atoms with Gasteiger partial charge in [-0.25, -0.2) is 0 Å². The van der Waals surface area contributed by atoms with Crippen molar-refractivity contribution in [3.05, 3.63) is 99.6 Å². The Balaban J connectivity index is 1.80. The number of aliphatic hydroxyl groups is 1. The summed E-state index contributed by atoms with van der Waals surface area (Å²) >= 11 is 6.04. The first-order chi connectivity index (χ1) is 18.6. The van der Waals surface area contributed by atoms with Crippen molar-refractivity contribution in [3.8, 4) is 5.75 Å². The predicted octanol–water partition coefficient (Wildman–Crippen LogP) is 6.59. The van der Waals surface area contributed by atoms with Gasteiger partial charge < -0.3 is 19.6 Å². The fourth-order valence-corrected chi connectivity index (χ4v) is 5.03. The molecule has 204 valence electrons. The number of carbonyl (C=O) groups is 2. The Morgan fingerprint density at radius 2 is 1.69 bits per heavy atom. The third-order valence-corrected chi connectivity index (χ3v) is 7.28. The molecule has 0 aromatic heterocycles. The molecule has 0 aliphatic carbocycles. The average molecular weight is 547 g/mol. The maximum Gasteiger partial charge on any atom is 0.295 e. The number of carbonyl (C=O) groups excluding carboxylic acids is 2. The molecule has 6 nitrogen and oxygen atoms in total. The molecule has 0 bridgehead atoms. The van der Waals surface area contributed by atoms with Crippen LogP contribution in [0.25, 0.3) is 5.76 Å². The van der Waals surface area contributed by atoms with Crippen molar-refractivity contribution in [2.45, 2.75) is 39.2 Å². The molecule has 1 aliphatic rings. The summed E-state index contributed by atoms with van der Waals surface area (Å²) in [5, 5.41) is 12.2. The SMILES string of the molecule is CCOc1ccc(/C(O)=C2/C(=O)C(=O)N(CCc3ccc(Cl)cc3)C2c2ccc(N(C)C)cc2)cc1C(C)C. The second-order valence-corrected chi connectivity index (χ2v) is 10.6. The molecule has 1 aliphatic heterocycles. The lowest BCUT2D eigenvalue weighted by Gasteiger charge is -2.26. The third kappa shape index (κ3) is 5.96. The summed E-state index contributed by atoms with van der Waals surface area (Å²) in [6.07, 6.45) is 0.539. The molecule has 1 fully saturated rings. The normalized spacial score (nSPS) is 16.7. The van der Waals surface area contributed by atoms with E-state index in [-0.39, 0.29) is 17.3 Å². The first kappa shape index (κ1) is 28.2. The third-order valence-electron chi connectivity index (χ3n) is 7.02. The van der Waals surface area contributed by atoms with Crippen molar-refractivity contribution in [1.82, 2.24) is 4.90 Å². The van der Waals surface area contributed by atoms with E-state index in [1.54, 1.807) is 23.1 Å². The number of likely N-dealkylation sites (tertiary alicyclic amines) is 1. The zero-order chi connectivity index (χ0) is 28.3. The zero-order valence-corrected chi connectivity index (χ0v) is 23.8. The highest BCUT2D eigenvalue weighted by atomic mass is 35.5. The van der Waals surface area contributed by atoms with Crippen LogP contribution < -0.4 is 9.64 Å². The van der Waals surface area contributed by atoms with E-state index in [0.29, 0.717) is 30.2 Å². The maximum atomic E-state index is 13.5. The molecule has 3 aromatic carbocycles. The van der Waals surface area contributed by atoms with Gasteiger partial charge >= 0.3 is 0 Å². The van der Waals surface area contributed by atoms with E-state index in [4.69, 9.17) is 16.3 Å². The minimum absolute atomic E-state index is 0.0903. The van der Waals surface area contributed by atoms with Crippen LogP contribution in [0.4, 0.5) is 5.69 Å². The molecule has 0 radical (unpaired) electrons. The van der Waals surface area contributed by atoms with Gasteiger partial charge in [-0.15, -0.1) is 0 Å². The van der Waals surface area contributed by atoms with Crippen LogP contribution in [0.15, 0.2) is 72.3 Å². The van der Waals surface area contributed by atoms with Gasteiger partial charge in [-0.1, -0.05) is 49.7 Å². The Kier molecular flexibility index (Phi) is 8.66. The van der Waals surface area contributed by atoms with E-state index < -0.39 is 17.7 Å². The molecule has 1 unspecified atom stereocenters. The van der Waals surface area contributed by atoms with Crippen LogP contribution >= 0.6 is 11.6 Å². The molecule has 1 saturated heterocycles. The van der Waals surface area contributed by atoms with Gasteiger partial charge in [0.25, 0.3) is 11.7 Å². The van der Waals surface area contributed by atoms with E-state index in [1.165, 1.54) is 0 Å². The number of anilines is 1. The smallest absolute Gasteiger partial charge is 0.295 e. The lowest BCUT2D eigenvalue weighted by atomic mass is 9.93. The van der Waals surface area contributed by atoms with Gasteiger partial charge in [0, 0.05) is 36.9 Å². The number of benzene rings is 3. The minimum Gasteiger partial charge on any atom is -0.507 e. The van der Waals surface area contributed by atoms with Crippen molar-refractivity contribution in [1.29, 1.82) is 0 Å². The Hall–Kier alpha value is -3.77. The van der Waals surface area contributed by atoms with E-state index in [1.807, 2.05) is 88.3 Å². The number of ether oxygens (including phenoxy) is 1. The van der Waals surface area contributed by atoms with Gasteiger partial charge in [0.05, 0.1) is 18.2 Å². The largest absolute Gasteiger partial charge is 0.507 e. The van der Waals surface area contributed by atoms with Crippen LogP contribution in [-0.2, 0) is 16.0 Å². The van der Waals surface area contributed by atoms with E-state index >= 15 is 0 Å². The fourth-order valence-electron chi connectivity index (χ4n) is 4.90. The van der Waals surface area contributed by atoms with Crippen molar-refractivity contribution in [2.24, 2.45) is 0 Å². The van der Waals surface area contributed by atoms with Crippen molar-refractivity contribution in [2.75, 3.05) is 32.1 Å². The topological polar surface area (TPSA) is 70.1 Å². The second-order valence-electron chi connectivity index (χ2n) is 10.2. The summed E-state index contributed by atoms with van der Waals surface area (Å²) in [6, 6.07) is 19.8. The van der Waals surface area contributed by atoms with Gasteiger partial charge in [-0.05, 0) is 78.4 Å². The number of rotatable bonds is 9. The number of amides is 1. The van der Waals surface area contributed by atoms with Crippen LogP contribution in [0.5, 0.6) is 5.75 Å². The van der Waals surface area contributed by atoms with Gasteiger partial charge in [0.1, 0.15) is 11.5 Å². The summed E-state index contributed by atoms with van der Waals surface area (Å²) in [6.45, 7) is 6.84. The first-order valence-electron chi connectivity index (χ1n) is 13.2. The summed E-state index contributed by atoms with van der Waals surface area (Å²) in [4.78, 5) is 30.4. The second kappa shape index (κ2) is 12.0. The monoisotopic (exact) mass is 546 g/mol. The van der Waals surface area contributed by atoms with Crippen LogP contribution in [0, 0.1) is 0 Å². The molecule has 1 atom stereocenters. The minimum atomic E-state index is -0.720. The number of halogens is 1. The van der Waals surface area contributed by atoms with Crippen LogP contribution in [0.2, 0.25) is 5.02 Å². The molecule has 1 heterocycles. The Labute approximate surface area is 235 Å². The fraction of sp³-hybridized carbons (Fsp3) is 0.312. The van der Waals surface area contributed by atoms with Crippen LogP contribution in [-0.4, -0.2) is 48.9 Å². The molecule has 4 rings (SSSR count). The van der Waals surface area contributed by atoms with E-state index in [0.717, 1.165) is 28.1 Å². The summed E-state index contributed by atoms with van der Waals surface area (Å²) in [5.41, 5.74) is 4.23. The first-order valence-corrected chi connectivity index (χ1v) is 13.6. The number of Topliss-reactive ketones (excluding diaryl/α,β-unsaturated/α-hetero) is 1. The summed E-state index contributed by atoms with van der Waals surface area (Å²) in [7, 11) is 3.90. The molecule has 0 saturated carbocycles. The van der Waals surface area contributed by atoms with Gasteiger partial charge in [0.15, 0.2) is 0 Å². The molecule has 39 heavy (non-hydrogen) atoms. The average Bonchev–Trinajstić information content (AvgIpc) is 3.17. The molecule has 1 N–H and O–H groups in total. The Bertz CT molecular complexity index is 1380. The van der Waals surface area contributed by atoms with Crippen LogP contribution in [0.3, 0.4) is 0 Å². The standard InChI is InChI=1S/C32H35ClN2O4/c1-6-39-27-16-11-23(19-26(27)20(2)3)30(36)28-29(22-9-14-25(15-10-22)34(4)5)35(32(38)31(28)37)18-17-21-7-12-24(33)13-8-21/h7-16,19-20,29,36H,6,17-18H2,1-5H3/b30-28-. The molecule has 1 amide bonds. The maximum absolute atomic E-state index is 13.5. The highest BCUT2D eigenvalue weighted by Crippen LogP contribution is 2.41. The van der Waals surface area contributed by atoms with E-state index in [9.17, 15) is 14.7 Å². The van der Waals surface area contributed by atoms with Crippen molar-refractivity contribution < 1.29 is 19.4 Å². The molecule has 7 heteroatoms. The van der Waals surface area contributed by atoms with Gasteiger partial charge in [0.2, 0.25) is 0 Å². The molecule has 0 spiro atoms. The van der Waals surface area contributed by atoms with Crippen molar-refractivity contribution >= 4 is 34.7 Å². The number of aliphatic hydroxyl groups excluding tert-OH is 1. The lowest BCUT2D eigenvalue weighted by molar-refractivity contribution is -0.139. The molecular weight excluding hydrogens is 512 g/mol. The number of nitrogens with zero attached hydrogens (tertiary/aromatic N) is 2. The summed E-state index contributed by atoms with van der Waals surface area (Å²) in [5.74, 6) is -0.625. The summed E-state index contributed by atoms with van der Waals surface area (Å²) < 4.78 is 5.78. The number of ketones is 1. The zero-order valence-electron chi connectivity index (χ0n) is 23.1. The highest BCUT2D eigenvalue weighted by Gasteiger charge is 2.45. The lowest BCUT2D eigenvalue weighted by Crippen LogP contribution is -2.31. The van der Waals surface area contributed by atoms with Crippen LogP contribution in [0.1, 0.15) is 55.0 Å². The number of hydrogen-bond acceptors (Lipinski definition) is 5. The highest BCUT2D eigenvalue weighted by molar-refractivity contribution is 6.46. The molecular formula is C32H35ClN2O4. The Morgan fingerprint density at radius 3 is 2.28 bits per heavy atom. The van der Waals surface area contributed by atoms with E-state index in [2.05, 4.69) is 0 Å². The van der Waals surface area contributed by atoms with Gasteiger partial charge in [-0.3, -0.25) is 9.59 Å². The molecule has 3 aromatic rings. The predicted molar refractivity (Wildman–Crippen MR) is 157 cm³/mol. The Morgan fingerprint density at radius 1 is 1.03 bits per heavy atom. The quantitative estimate of drug-likeness (QED) is 0.186. The van der Waals surface area contributed by atoms with Crippen molar-refractivity contribution in [3.63, 3.8) is 0 Å². The van der Waals surface area contributed by atoms with Gasteiger partial charge in [-0.2, -0.15) is 0 Å². The number of hydrogen-bond donors (Lipinski definition) is 1.